The summed E-state index contributed by atoms with van der Waals surface area (Å²) in [6, 6.07) is 8.74. The maximum Gasteiger partial charge on any atom is 0.188 e. The van der Waals surface area contributed by atoms with Crippen LogP contribution >= 0.6 is 0 Å². The summed E-state index contributed by atoms with van der Waals surface area (Å²) in [6.45, 7) is 6.60. The van der Waals surface area contributed by atoms with Crippen molar-refractivity contribution in [3.8, 4) is 0 Å². The van der Waals surface area contributed by atoms with Gasteiger partial charge in [-0.15, -0.1) is 6.58 Å². The van der Waals surface area contributed by atoms with Gasteiger partial charge in [-0.1, -0.05) is 43.3 Å². The van der Waals surface area contributed by atoms with Crippen molar-refractivity contribution in [3.63, 3.8) is 0 Å². The van der Waals surface area contributed by atoms with E-state index < -0.39 is 11.9 Å². The molecule has 0 saturated heterocycles. The highest BCUT2D eigenvalue weighted by molar-refractivity contribution is 5.61. The first-order chi connectivity index (χ1) is 11.2. The van der Waals surface area contributed by atoms with Crippen molar-refractivity contribution in [1.82, 2.24) is 0 Å². The molecule has 1 atom stereocenters. The quantitative estimate of drug-likeness (QED) is 0.252. The van der Waals surface area contributed by atoms with E-state index in [0.29, 0.717) is 31.8 Å². The van der Waals surface area contributed by atoms with Crippen LogP contribution in [0, 0.1) is 0 Å². The highest BCUT2D eigenvalue weighted by Gasteiger charge is 2.21. The van der Waals surface area contributed by atoms with Crippen molar-refractivity contribution in [2.24, 2.45) is 0 Å². The summed E-state index contributed by atoms with van der Waals surface area (Å²) < 4.78 is 36.1. The van der Waals surface area contributed by atoms with Gasteiger partial charge < -0.3 is 18.9 Å². The van der Waals surface area contributed by atoms with Gasteiger partial charge in [0.25, 0.3) is 0 Å². The van der Waals surface area contributed by atoms with E-state index in [-0.39, 0.29) is 12.6 Å². The van der Waals surface area contributed by atoms with E-state index in [9.17, 15) is 4.39 Å². The fraction of sp³-hybridized carbons (Fsp3) is 0.444. The van der Waals surface area contributed by atoms with E-state index in [2.05, 4.69) is 6.58 Å². The van der Waals surface area contributed by atoms with E-state index in [4.69, 9.17) is 18.9 Å². The molecular formula is C18H25FO4. The SMILES string of the molecule is C=CCOC(CC)/C(OCOCCOC)=C(\F)c1ccccc1. The second-order valence-electron chi connectivity index (χ2n) is 4.73. The molecule has 1 rings (SSSR count). The van der Waals surface area contributed by atoms with Crippen molar-refractivity contribution in [1.29, 1.82) is 0 Å². The van der Waals surface area contributed by atoms with Crippen LogP contribution in [0.2, 0.25) is 0 Å². The number of methoxy groups -OCH3 is 1. The molecule has 0 amide bonds. The highest BCUT2D eigenvalue weighted by Crippen LogP contribution is 2.26. The lowest BCUT2D eigenvalue weighted by molar-refractivity contribution is -0.0619. The van der Waals surface area contributed by atoms with Crippen molar-refractivity contribution in [2.45, 2.75) is 19.4 Å². The Morgan fingerprint density at radius 1 is 1.26 bits per heavy atom. The van der Waals surface area contributed by atoms with Crippen LogP contribution in [0.15, 0.2) is 48.7 Å². The molecule has 1 aromatic rings. The molecular weight excluding hydrogens is 299 g/mol. The van der Waals surface area contributed by atoms with E-state index in [1.807, 2.05) is 13.0 Å². The summed E-state index contributed by atoms with van der Waals surface area (Å²) in [5.41, 5.74) is 0.444. The molecule has 1 unspecified atom stereocenters. The minimum absolute atomic E-state index is 0.0626. The molecule has 0 radical (unpaired) electrons. The summed E-state index contributed by atoms with van der Waals surface area (Å²) >= 11 is 0. The molecule has 0 spiro atoms. The number of halogens is 1. The second-order valence-corrected chi connectivity index (χ2v) is 4.73. The van der Waals surface area contributed by atoms with Gasteiger partial charge >= 0.3 is 0 Å². The Labute approximate surface area is 137 Å². The van der Waals surface area contributed by atoms with Gasteiger partial charge in [-0.2, -0.15) is 0 Å². The molecule has 0 heterocycles. The highest BCUT2D eigenvalue weighted by atomic mass is 19.1. The van der Waals surface area contributed by atoms with Crippen LogP contribution in [-0.4, -0.2) is 39.8 Å². The molecule has 1 aromatic carbocycles. The summed E-state index contributed by atoms with van der Waals surface area (Å²) in [6.07, 6.45) is 1.69. The number of benzene rings is 1. The van der Waals surface area contributed by atoms with Crippen LogP contribution in [0.1, 0.15) is 18.9 Å². The molecule has 0 aromatic heterocycles. The zero-order chi connectivity index (χ0) is 16.9. The van der Waals surface area contributed by atoms with Gasteiger partial charge in [0, 0.05) is 12.7 Å². The van der Waals surface area contributed by atoms with Gasteiger partial charge in [-0.3, -0.25) is 0 Å². The summed E-state index contributed by atoms with van der Waals surface area (Å²) in [5, 5.41) is 0. The van der Waals surface area contributed by atoms with Crippen molar-refractivity contribution in [3.05, 3.63) is 54.3 Å². The predicted octanol–water partition coefficient (Wildman–Crippen LogP) is 3.94. The molecule has 128 valence electrons. The number of rotatable bonds is 12. The first-order valence-electron chi connectivity index (χ1n) is 7.61. The summed E-state index contributed by atoms with van der Waals surface area (Å²) in [5.74, 6) is -0.310. The summed E-state index contributed by atoms with van der Waals surface area (Å²) in [7, 11) is 1.58. The predicted molar refractivity (Wildman–Crippen MR) is 88.5 cm³/mol. The topological polar surface area (TPSA) is 36.9 Å². The fourth-order valence-corrected chi connectivity index (χ4v) is 1.89. The van der Waals surface area contributed by atoms with Gasteiger partial charge in [0.1, 0.15) is 6.10 Å². The van der Waals surface area contributed by atoms with Crippen LogP contribution in [0.3, 0.4) is 0 Å². The first kappa shape index (κ1) is 19.4. The van der Waals surface area contributed by atoms with Crippen molar-refractivity contribution in [2.75, 3.05) is 33.7 Å². The number of hydrogen-bond acceptors (Lipinski definition) is 4. The average molecular weight is 324 g/mol. The van der Waals surface area contributed by atoms with Gasteiger partial charge in [-0.05, 0) is 6.42 Å². The van der Waals surface area contributed by atoms with Gasteiger partial charge in [-0.25, -0.2) is 4.39 Å². The Balaban J connectivity index is 2.87. The van der Waals surface area contributed by atoms with E-state index in [1.54, 1.807) is 37.5 Å². The van der Waals surface area contributed by atoms with Crippen molar-refractivity contribution < 1.29 is 23.3 Å². The van der Waals surface area contributed by atoms with Crippen molar-refractivity contribution >= 4 is 5.83 Å². The molecule has 23 heavy (non-hydrogen) atoms. The lowest BCUT2D eigenvalue weighted by atomic mass is 10.1. The van der Waals surface area contributed by atoms with Crippen LogP contribution in [-0.2, 0) is 18.9 Å². The first-order valence-corrected chi connectivity index (χ1v) is 7.61. The molecule has 0 N–H and O–H groups in total. The Morgan fingerprint density at radius 2 is 2.00 bits per heavy atom. The zero-order valence-electron chi connectivity index (χ0n) is 13.8. The maximum absolute atomic E-state index is 14.8. The third-order valence-electron chi connectivity index (χ3n) is 3.05. The van der Waals surface area contributed by atoms with E-state index in [1.165, 1.54) is 0 Å². The van der Waals surface area contributed by atoms with Gasteiger partial charge in [0.15, 0.2) is 18.4 Å². The Kier molecular flexibility index (Phi) is 9.95. The van der Waals surface area contributed by atoms with Gasteiger partial charge in [0.05, 0.1) is 19.8 Å². The third-order valence-corrected chi connectivity index (χ3v) is 3.05. The largest absolute Gasteiger partial charge is 0.466 e. The van der Waals surface area contributed by atoms with Crippen LogP contribution < -0.4 is 0 Å². The number of ether oxygens (including phenoxy) is 4. The zero-order valence-corrected chi connectivity index (χ0v) is 13.8. The normalized spacial score (nSPS) is 13.3. The smallest absolute Gasteiger partial charge is 0.188 e. The van der Waals surface area contributed by atoms with Crippen LogP contribution in [0.5, 0.6) is 0 Å². The average Bonchev–Trinajstić information content (AvgIpc) is 2.60. The Hall–Kier alpha value is -1.69. The Morgan fingerprint density at radius 3 is 2.61 bits per heavy atom. The Bertz CT molecular complexity index is 473. The molecule has 0 fully saturated rings. The van der Waals surface area contributed by atoms with E-state index >= 15 is 0 Å². The van der Waals surface area contributed by atoms with Gasteiger partial charge in [0.2, 0.25) is 0 Å². The molecule has 0 aliphatic rings. The maximum atomic E-state index is 14.8. The minimum atomic E-state index is -0.501. The fourth-order valence-electron chi connectivity index (χ4n) is 1.89. The molecule has 0 aliphatic carbocycles. The molecule has 0 saturated carbocycles. The molecule has 4 nitrogen and oxygen atoms in total. The van der Waals surface area contributed by atoms with Crippen LogP contribution in [0.4, 0.5) is 4.39 Å². The van der Waals surface area contributed by atoms with E-state index in [0.717, 1.165) is 0 Å². The standard InChI is InChI=1S/C18H25FO4/c1-4-11-22-16(5-2)18(23-14-21-13-12-20-3)17(19)15-9-7-6-8-10-15/h4,6-10,16H,1,5,11-14H2,2-3H3/b18-17+. The lowest BCUT2D eigenvalue weighted by Crippen LogP contribution is -2.20. The molecule has 0 bridgehead atoms. The summed E-state index contributed by atoms with van der Waals surface area (Å²) in [4.78, 5) is 0. The molecule has 5 heteroatoms. The van der Waals surface area contributed by atoms with Crippen LogP contribution in [0.25, 0.3) is 5.83 Å². The number of hydrogen-bond donors (Lipinski definition) is 0. The monoisotopic (exact) mass is 324 g/mol. The second kappa shape index (κ2) is 11.8. The third kappa shape index (κ3) is 6.95. The lowest BCUT2D eigenvalue weighted by Gasteiger charge is -2.20. The minimum Gasteiger partial charge on any atom is -0.466 e. The molecule has 0 aliphatic heterocycles.